The van der Waals surface area contributed by atoms with Gasteiger partial charge in [-0.2, -0.15) is 5.26 Å². The van der Waals surface area contributed by atoms with Crippen molar-refractivity contribution >= 4 is 12.0 Å². The molecule has 0 amide bonds. The highest BCUT2D eigenvalue weighted by atomic mass is 16.5. The van der Waals surface area contributed by atoms with Crippen molar-refractivity contribution in [3.63, 3.8) is 0 Å². The van der Waals surface area contributed by atoms with Gasteiger partial charge in [-0.15, -0.1) is 0 Å². The van der Waals surface area contributed by atoms with Gasteiger partial charge >= 0.3 is 5.97 Å². The van der Waals surface area contributed by atoms with Gasteiger partial charge in [-0.25, -0.2) is 4.79 Å². The minimum Gasteiger partial charge on any atom is -0.497 e. The van der Waals surface area contributed by atoms with Crippen LogP contribution in [-0.2, 0) is 16.1 Å². The first-order chi connectivity index (χ1) is 12.7. The molecule has 0 N–H and O–H groups in total. The maximum Gasteiger partial charge on any atom is 0.331 e. The van der Waals surface area contributed by atoms with Gasteiger partial charge < -0.3 is 18.9 Å². The Labute approximate surface area is 152 Å². The van der Waals surface area contributed by atoms with Crippen molar-refractivity contribution in [1.29, 1.82) is 5.26 Å². The normalized spacial score (nSPS) is 10.2. The number of ether oxygens (including phenoxy) is 4. The van der Waals surface area contributed by atoms with Crippen LogP contribution in [0.1, 0.15) is 11.1 Å². The summed E-state index contributed by atoms with van der Waals surface area (Å²) >= 11 is 0. The van der Waals surface area contributed by atoms with Crippen LogP contribution in [0.4, 0.5) is 0 Å². The number of carbonyl (C=O) groups excluding carboxylic acids is 1. The molecule has 6 heteroatoms. The predicted octanol–water partition coefficient (Wildman–Crippen LogP) is 3.36. The maximum absolute atomic E-state index is 11.8. The van der Waals surface area contributed by atoms with E-state index in [0.29, 0.717) is 11.5 Å². The standard InChI is InChI=1S/C20H19NO5/c1-23-17-7-3-16(4-8-17)14-26-20(22)10-6-15-5-9-18(25-12-11-21)19(13-15)24-2/h3-10,13H,12,14H2,1-2H3/b10-6+. The highest BCUT2D eigenvalue weighted by Gasteiger charge is 2.05. The Morgan fingerprint density at radius 2 is 1.85 bits per heavy atom. The smallest absolute Gasteiger partial charge is 0.331 e. The molecule has 0 saturated carbocycles. The minimum atomic E-state index is -0.454. The highest BCUT2D eigenvalue weighted by molar-refractivity contribution is 5.87. The SMILES string of the molecule is COc1ccc(COC(=O)/C=C/c2ccc(OCC#N)c(OC)c2)cc1. The lowest BCUT2D eigenvalue weighted by molar-refractivity contribution is -0.138. The van der Waals surface area contributed by atoms with E-state index in [4.69, 9.17) is 24.2 Å². The maximum atomic E-state index is 11.8. The first kappa shape index (κ1) is 18.9. The lowest BCUT2D eigenvalue weighted by Crippen LogP contribution is -2.00. The molecule has 0 atom stereocenters. The fraction of sp³-hybridized carbons (Fsp3) is 0.200. The number of carbonyl (C=O) groups is 1. The number of benzene rings is 2. The van der Waals surface area contributed by atoms with Crippen molar-refractivity contribution in [2.45, 2.75) is 6.61 Å². The second-order valence-electron chi connectivity index (χ2n) is 5.15. The summed E-state index contributed by atoms with van der Waals surface area (Å²) in [4.78, 5) is 11.8. The van der Waals surface area contributed by atoms with E-state index < -0.39 is 5.97 Å². The van der Waals surface area contributed by atoms with E-state index in [1.54, 1.807) is 43.5 Å². The topological polar surface area (TPSA) is 77.8 Å². The Balaban J connectivity index is 1.93. The first-order valence-corrected chi connectivity index (χ1v) is 7.82. The number of nitriles is 1. The largest absolute Gasteiger partial charge is 0.497 e. The van der Waals surface area contributed by atoms with Crippen LogP contribution in [0.15, 0.2) is 48.5 Å². The third kappa shape index (κ3) is 5.56. The minimum absolute atomic E-state index is 0.0662. The number of esters is 1. The van der Waals surface area contributed by atoms with Crippen molar-refractivity contribution in [1.82, 2.24) is 0 Å². The van der Waals surface area contributed by atoms with Crippen LogP contribution >= 0.6 is 0 Å². The van der Waals surface area contributed by atoms with Gasteiger partial charge in [0.05, 0.1) is 14.2 Å². The predicted molar refractivity (Wildman–Crippen MR) is 95.9 cm³/mol. The molecule has 0 bridgehead atoms. The van der Waals surface area contributed by atoms with Gasteiger partial charge in [-0.3, -0.25) is 0 Å². The molecule has 0 aliphatic rings. The summed E-state index contributed by atoms with van der Waals surface area (Å²) in [5.74, 6) is 1.24. The zero-order valence-corrected chi connectivity index (χ0v) is 14.6. The number of rotatable bonds is 8. The zero-order chi connectivity index (χ0) is 18.8. The molecule has 6 nitrogen and oxygen atoms in total. The monoisotopic (exact) mass is 353 g/mol. The lowest BCUT2D eigenvalue weighted by Gasteiger charge is -2.08. The van der Waals surface area contributed by atoms with Crippen molar-refractivity contribution in [3.05, 3.63) is 59.7 Å². The molecule has 0 unspecified atom stereocenters. The summed E-state index contributed by atoms with van der Waals surface area (Å²) in [6.07, 6.45) is 2.96. The van der Waals surface area contributed by atoms with Gasteiger partial charge in [0.25, 0.3) is 0 Å². The van der Waals surface area contributed by atoms with Crippen molar-refractivity contribution in [3.8, 4) is 23.3 Å². The lowest BCUT2D eigenvalue weighted by atomic mass is 10.2. The van der Waals surface area contributed by atoms with E-state index in [-0.39, 0.29) is 13.2 Å². The first-order valence-electron chi connectivity index (χ1n) is 7.82. The molecule has 0 radical (unpaired) electrons. The molecule has 2 aromatic carbocycles. The van der Waals surface area contributed by atoms with E-state index in [0.717, 1.165) is 16.9 Å². The van der Waals surface area contributed by atoms with Crippen LogP contribution in [0, 0.1) is 11.3 Å². The second kappa shape index (κ2) is 9.74. The second-order valence-corrected chi connectivity index (χ2v) is 5.15. The molecule has 0 aromatic heterocycles. The Bertz CT molecular complexity index is 806. The van der Waals surface area contributed by atoms with Crippen LogP contribution in [0.3, 0.4) is 0 Å². The Kier molecular flexibility index (Phi) is 7.07. The molecule has 0 aliphatic heterocycles. The van der Waals surface area contributed by atoms with E-state index in [1.165, 1.54) is 13.2 Å². The van der Waals surface area contributed by atoms with E-state index in [1.807, 2.05) is 18.2 Å². The number of methoxy groups -OCH3 is 2. The molecular formula is C20H19NO5. The van der Waals surface area contributed by atoms with Gasteiger partial charge in [-0.1, -0.05) is 18.2 Å². The number of hydrogen-bond donors (Lipinski definition) is 0. The zero-order valence-electron chi connectivity index (χ0n) is 14.6. The average Bonchev–Trinajstić information content (AvgIpc) is 2.69. The Morgan fingerprint density at radius 1 is 1.08 bits per heavy atom. The molecular weight excluding hydrogens is 334 g/mol. The fourth-order valence-electron chi connectivity index (χ4n) is 2.11. The Hall–Kier alpha value is -3.46. The molecule has 2 rings (SSSR count). The molecule has 0 fully saturated rings. The summed E-state index contributed by atoms with van der Waals surface area (Å²) in [5.41, 5.74) is 1.61. The van der Waals surface area contributed by atoms with Crippen molar-refractivity contribution in [2.24, 2.45) is 0 Å². The van der Waals surface area contributed by atoms with Crippen molar-refractivity contribution < 1.29 is 23.7 Å². The van der Waals surface area contributed by atoms with Gasteiger partial charge in [0.2, 0.25) is 0 Å². The molecule has 26 heavy (non-hydrogen) atoms. The average molecular weight is 353 g/mol. The molecule has 0 spiro atoms. The highest BCUT2D eigenvalue weighted by Crippen LogP contribution is 2.28. The quantitative estimate of drug-likeness (QED) is 0.535. The number of hydrogen-bond acceptors (Lipinski definition) is 6. The molecule has 134 valence electrons. The van der Waals surface area contributed by atoms with Gasteiger partial charge in [0.1, 0.15) is 18.4 Å². The van der Waals surface area contributed by atoms with Crippen molar-refractivity contribution in [2.75, 3.05) is 20.8 Å². The van der Waals surface area contributed by atoms with E-state index >= 15 is 0 Å². The van der Waals surface area contributed by atoms with Crippen LogP contribution in [-0.4, -0.2) is 26.8 Å². The van der Waals surface area contributed by atoms with Crippen LogP contribution in [0.2, 0.25) is 0 Å². The van der Waals surface area contributed by atoms with Crippen LogP contribution in [0.5, 0.6) is 17.2 Å². The molecule has 0 saturated heterocycles. The van der Waals surface area contributed by atoms with Gasteiger partial charge in [-0.05, 0) is 41.5 Å². The molecule has 0 heterocycles. The fourth-order valence-corrected chi connectivity index (χ4v) is 2.11. The molecule has 2 aromatic rings. The van der Waals surface area contributed by atoms with E-state index in [9.17, 15) is 4.79 Å². The third-order valence-corrected chi connectivity index (χ3v) is 3.43. The summed E-state index contributed by atoms with van der Waals surface area (Å²) in [6, 6.07) is 14.3. The van der Waals surface area contributed by atoms with Crippen LogP contribution < -0.4 is 14.2 Å². The van der Waals surface area contributed by atoms with Crippen LogP contribution in [0.25, 0.3) is 6.08 Å². The summed E-state index contributed by atoms with van der Waals surface area (Å²) < 4.78 is 20.7. The Morgan fingerprint density at radius 3 is 2.50 bits per heavy atom. The van der Waals surface area contributed by atoms with E-state index in [2.05, 4.69) is 0 Å². The van der Waals surface area contributed by atoms with Gasteiger partial charge in [0, 0.05) is 6.08 Å². The third-order valence-electron chi connectivity index (χ3n) is 3.43. The summed E-state index contributed by atoms with van der Waals surface area (Å²) in [5, 5.41) is 8.57. The molecule has 0 aliphatic carbocycles. The number of nitrogens with zero attached hydrogens (tertiary/aromatic N) is 1. The summed E-state index contributed by atoms with van der Waals surface area (Å²) in [6.45, 7) is 0.112. The summed E-state index contributed by atoms with van der Waals surface area (Å²) in [7, 11) is 3.10. The van der Waals surface area contributed by atoms with Gasteiger partial charge in [0.15, 0.2) is 18.1 Å².